The third-order valence-corrected chi connectivity index (χ3v) is 5.48. The third-order valence-electron chi connectivity index (χ3n) is 3.59. The molecule has 0 spiro atoms. The lowest BCUT2D eigenvalue weighted by atomic mass is 10.0. The Morgan fingerprint density at radius 3 is 1.65 bits per heavy atom. The summed E-state index contributed by atoms with van der Waals surface area (Å²) < 4.78 is 2.02. The van der Waals surface area contributed by atoms with E-state index in [0.29, 0.717) is 10.8 Å². The minimum atomic E-state index is 0.0358. The largest absolute Gasteiger partial charge is 0.277 e. The molecule has 0 N–H and O–H groups in total. The summed E-state index contributed by atoms with van der Waals surface area (Å²) in [5.74, 6) is 0. The van der Waals surface area contributed by atoms with Crippen LogP contribution in [0.25, 0.3) is 30.9 Å². The fourth-order valence-electron chi connectivity index (χ4n) is 2.82. The van der Waals surface area contributed by atoms with Crippen molar-refractivity contribution in [2.45, 2.75) is 13.8 Å². The molecule has 98 valence electrons. The van der Waals surface area contributed by atoms with Gasteiger partial charge in [0.1, 0.15) is 0 Å². The minimum Gasteiger partial charge on any atom is -0.277 e. The summed E-state index contributed by atoms with van der Waals surface area (Å²) in [6, 6.07) is 7.85. The maximum atomic E-state index is 12.4. The molecule has 2 heterocycles. The minimum absolute atomic E-state index is 0.0358. The monoisotopic (exact) mass is 298 g/mol. The molecule has 4 heteroatoms. The molecule has 2 nitrogen and oxygen atoms in total. The van der Waals surface area contributed by atoms with Gasteiger partial charge in [0.25, 0.3) is 0 Å². The lowest BCUT2D eigenvalue weighted by Gasteiger charge is -2.09. The van der Waals surface area contributed by atoms with E-state index < -0.39 is 0 Å². The van der Waals surface area contributed by atoms with Gasteiger partial charge in [0, 0.05) is 30.9 Å². The highest BCUT2D eigenvalue weighted by Crippen LogP contribution is 2.35. The highest BCUT2D eigenvalue weighted by atomic mass is 32.1. The Balaban J connectivity index is 2.53. The molecular formula is C16H10O2S2. The van der Waals surface area contributed by atoms with Crippen LogP contribution < -0.4 is 9.48 Å². The molecule has 0 fully saturated rings. The van der Waals surface area contributed by atoms with Crippen molar-refractivity contribution in [2.75, 3.05) is 0 Å². The first-order valence-corrected chi connectivity index (χ1v) is 7.92. The molecule has 0 saturated heterocycles. The molecular weight excluding hydrogens is 288 g/mol. The van der Waals surface area contributed by atoms with Gasteiger partial charge >= 0.3 is 0 Å². The molecule has 20 heavy (non-hydrogen) atoms. The fourth-order valence-corrected chi connectivity index (χ4v) is 4.94. The van der Waals surface area contributed by atoms with Crippen LogP contribution in [-0.2, 0) is 0 Å². The van der Waals surface area contributed by atoms with E-state index in [-0.39, 0.29) is 9.48 Å². The number of aryl methyl sites for hydroxylation is 2. The van der Waals surface area contributed by atoms with Gasteiger partial charge in [-0.3, -0.25) is 9.59 Å². The van der Waals surface area contributed by atoms with Gasteiger partial charge in [-0.05, 0) is 49.2 Å². The van der Waals surface area contributed by atoms with Crippen molar-refractivity contribution in [1.82, 2.24) is 0 Å². The molecule has 0 saturated carbocycles. The van der Waals surface area contributed by atoms with Crippen molar-refractivity contribution in [2.24, 2.45) is 0 Å². The van der Waals surface area contributed by atoms with Gasteiger partial charge in [-0.2, -0.15) is 0 Å². The molecule has 2 aromatic heterocycles. The van der Waals surface area contributed by atoms with Crippen LogP contribution in [0.1, 0.15) is 11.1 Å². The van der Waals surface area contributed by atoms with Crippen molar-refractivity contribution < 1.29 is 0 Å². The van der Waals surface area contributed by atoms with Gasteiger partial charge in [-0.25, -0.2) is 0 Å². The maximum Gasteiger partial charge on any atom is 0.240 e. The van der Waals surface area contributed by atoms with Crippen molar-refractivity contribution in [3.8, 4) is 0 Å². The normalized spacial score (nSPS) is 11.9. The lowest BCUT2D eigenvalue weighted by molar-refractivity contribution is 1.52. The SMILES string of the molecule is Cc1cc2sc(=O)c3cc(C)cc4c(=O)sc(c1)c2c34. The molecule has 0 aliphatic carbocycles. The number of hydrogen-bond donors (Lipinski definition) is 0. The van der Waals surface area contributed by atoms with E-state index in [9.17, 15) is 9.59 Å². The molecule has 4 rings (SSSR count). The van der Waals surface area contributed by atoms with E-state index in [0.717, 1.165) is 31.3 Å². The van der Waals surface area contributed by atoms with Crippen molar-refractivity contribution in [3.05, 3.63) is 54.5 Å². The van der Waals surface area contributed by atoms with Crippen molar-refractivity contribution >= 4 is 53.6 Å². The molecule has 4 aromatic rings. The molecule has 2 aromatic carbocycles. The molecule has 0 amide bonds. The van der Waals surface area contributed by atoms with Gasteiger partial charge in [-0.15, -0.1) is 0 Å². The van der Waals surface area contributed by atoms with E-state index in [1.54, 1.807) is 0 Å². The number of hydrogen-bond acceptors (Lipinski definition) is 4. The third kappa shape index (κ3) is 1.49. The lowest BCUT2D eigenvalue weighted by Crippen LogP contribution is -2.03. The highest BCUT2D eigenvalue weighted by molar-refractivity contribution is 7.20. The number of rotatable bonds is 0. The van der Waals surface area contributed by atoms with Gasteiger partial charge in [-0.1, -0.05) is 22.7 Å². The standard InChI is InChI=1S/C16H10O2S2/c1-7-3-9-13-10(4-7)16(18)20-12-6-8(2)5-11(14(12)13)19-15(9)17/h3-6H,1-2H3. The van der Waals surface area contributed by atoms with Crippen molar-refractivity contribution in [3.63, 3.8) is 0 Å². The van der Waals surface area contributed by atoms with Crippen molar-refractivity contribution in [1.29, 1.82) is 0 Å². The van der Waals surface area contributed by atoms with Crippen LogP contribution in [0.3, 0.4) is 0 Å². The maximum absolute atomic E-state index is 12.4. The van der Waals surface area contributed by atoms with Crippen LogP contribution in [-0.4, -0.2) is 0 Å². The zero-order chi connectivity index (χ0) is 14.0. The predicted octanol–water partition coefficient (Wildman–Crippen LogP) is 4.04. The first-order chi connectivity index (χ1) is 9.54. The van der Waals surface area contributed by atoms with Crippen LogP contribution in [0.5, 0.6) is 0 Å². The summed E-state index contributed by atoms with van der Waals surface area (Å²) in [5, 5.41) is 3.26. The average Bonchev–Trinajstić information content (AvgIpc) is 2.37. The van der Waals surface area contributed by atoms with E-state index in [1.807, 2.05) is 38.1 Å². The van der Waals surface area contributed by atoms with Gasteiger partial charge < -0.3 is 0 Å². The zero-order valence-electron chi connectivity index (χ0n) is 10.9. The summed E-state index contributed by atoms with van der Waals surface area (Å²) >= 11 is 2.54. The van der Waals surface area contributed by atoms with Crippen LogP contribution in [0.15, 0.2) is 33.9 Å². The van der Waals surface area contributed by atoms with E-state index in [4.69, 9.17) is 0 Å². The summed E-state index contributed by atoms with van der Waals surface area (Å²) in [6.45, 7) is 3.92. The fraction of sp³-hybridized carbons (Fsp3) is 0.125. The molecule has 0 atom stereocenters. The summed E-state index contributed by atoms with van der Waals surface area (Å²) in [7, 11) is 0. The Kier molecular flexibility index (Phi) is 2.32. The first kappa shape index (κ1) is 12.0. The van der Waals surface area contributed by atoms with E-state index in [1.165, 1.54) is 22.7 Å². The summed E-state index contributed by atoms with van der Waals surface area (Å²) in [4.78, 5) is 24.7. The smallest absolute Gasteiger partial charge is 0.240 e. The Morgan fingerprint density at radius 1 is 0.700 bits per heavy atom. The molecule has 0 unspecified atom stereocenters. The second-order valence-corrected chi connectivity index (χ2v) is 7.18. The van der Waals surface area contributed by atoms with Crippen LogP contribution in [0, 0.1) is 13.8 Å². The Morgan fingerprint density at radius 2 is 1.15 bits per heavy atom. The average molecular weight is 298 g/mol. The summed E-state index contributed by atoms with van der Waals surface area (Å²) in [6.07, 6.45) is 0. The van der Waals surface area contributed by atoms with Crippen LogP contribution in [0.4, 0.5) is 0 Å². The van der Waals surface area contributed by atoms with E-state index in [2.05, 4.69) is 0 Å². The van der Waals surface area contributed by atoms with E-state index >= 15 is 0 Å². The highest BCUT2D eigenvalue weighted by Gasteiger charge is 2.15. The van der Waals surface area contributed by atoms with Crippen LogP contribution in [0.2, 0.25) is 0 Å². The van der Waals surface area contributed by atoms with Gasteiger partial charge in [0.2, 0.25) is 9.48 Å². The van der Waals surface area contributed by atoms with Crippen LogP contribution >= 0.6 is 22.7 Å². The first-order valence-electron chi connectivity index (χ1n) is 6.28. The quantitative estimate of drug-likeness (QED) is 0.459. The Bertz CT molecular complexity index is 1020. The molecule has 0 aliphatic rings. The zero-order valence-corrected chi connectivity index (χ0v) is 12.6. The van der Waals surface area contributed by atoms with Gasteiger partial charge in [0.05, 0.1) is 0 Å². The Hall–Kier alpha value is -1.78. The topological polar surface area (TPSA) is 34.1 Å². The Labute approximate surface area is 122 Å². The molecule has 0 radical (unpaired) electrons. The second kappa shape index (κ2) is 3.87. The molecule has 0 aliphatic heterocycles. The van der Waals surface area contributed by atoms with Gasteiger partial charge in [0.15, 0.2) is 0 Å². The number of benzene rings is 2. The summed E-state index contributed by atoms with van der Waals surface area (Å²) in [5.41, 5.74) is 2.04. The predicted molar refractivity (Wildman–Crippen MR) is 87.9 cm³/mol. The molecule has 0 bridgehead atoms. The second-order valence-electron chi connectivity index (χ2n) is 5.15.